The van der Waals surface area contributed by atoms with Gasteiger partial charge in [0, 0.05) is 18.6 Å². The Morgan fingerprint density at radius 3 is 3.06 bits per heavy atom. The van der Waals surface area contributed by atoms with E-state index in [1.54, 1.807) is 27.7 Å². The van der Waals surface area contributed by atoms with Crippen LogP contribution >= 0.6 is 12.2 Å². The maximum absolute atomic E-state index is 5.66. The van der Waals surface area contributed by atoms with E-state index in [1.165, 1.54) is 0 Å². The van der Waals surface area contributed by atoms with Crippen LogP contribution in [0.2, 0.25) is 0 Å². The number of nitrogens with zero attached hydrogens (tertiary/aromatic N) is 5. The molecule has 6 nitrogen and oxygen atoms in total. The molecular formula is C10H8N6S. The molecule has 0 amide bonds. The molecule has 0 aliphatic carbocycles. The van der Waals surface area contributed by atoms with E-state index in [0.717, 1.165) is 5.69 Å². The van der Waals surface area contributed by atoms with Crippen molar-refractivity contribution < 1.29 is 0 Å². The molecule has 0 bridgehead atoms. The number of nitrogens with two attached hydrogens (primary N) is 1. The maximum Gasteiger partial charge on any atom is 0.204 e. The SMILES string of the molecule is NC(=S)c1cccn1-c1nccn2cnnc12. The van der Waals surface area contributed by atoms with Gasteiger partial charge in [-0.3, -0.25) is 8.97 Å². The van der Waals surface area contributed by atoms with Crippen LogP contribution < -0.4 is 5.73 Å². The third kappa shape index (κ3) is 1.48. The first-order valence-corrected chi connectivity index (χ1v) is 5.30. The number of aromatic nitrogens is 5. The Labute approximate surface area is 102 Å². The highest BCUT2D eigenvalue weighted by molar-refractivity contribution is 7.80. The van der Waals surface area contributed by atoms with Crippen LogP contribution in [0.4, 0.5) is 0 Å². The van der Waals surface area contributed by atoms with Crippen molar-refractivity contribution in [2.45, 2.75) is 0 Å². The molecule has 17 heavy (non-hydrogen) atoms. The molecule has 3 aromatic rings. The molecule has 3 heterocycles. The standard InChI is InChI=1S/C10H8N6S/c11-8(17)7-2-1-4-16(7)9-10-14-13-6-15(10)5-3-12-9/h1-6H,(H2,11,17). The quantitative estimate of drug-likeness (QED) is 0.666. The Kier molecular flexibility index (Phi) is 2.12. The Hall–Kier alpha value is -2.28. The van der Waals surface area contributed by atoms with Crippen LogP contribution in [0.15, 0.2) is 37.1 Å². The Balaban J connectivity index is 2.30. The van der Waals surface area contributed by atoms with Gasteiger partial charge in [0.25, 0.3) is 0 Å². The van der Waals surface area contributed by atoms with E-state index in [2.05, 4.69) is 15.2 Å². The smallest absolute Gasteiger partial charge is 0.204 e. The van der Waals surface area contributed by atoms with Crippen LogP contribution in [0, 0.1) is 0 Å². The molecule has 7 heteroatoms. The zero-order valence-electron chi connectivity index (χ0n) is 8.69. The molecule has 2 N–H and O–H groups in total. The first-order chi connectivity index (χ1) is 8.27. The first kappa shape index (κ1) is 9.91. The Morgan fingerprint density at radius 1 is 1.35 bits per heavy atom. The predicted molar refractivity (Wildman–Crippen MR) is 66.0 cm³/mol. The van der Waals surface area contributed by atoms with Gasteiger partial charge in [-0.05, 0) is 12.1 Å². The summed E-state index contributed by atoms with van der Waals surface area (Å²) < 4.78 is 3.58. The number of hydrogen-bond donors (Lipinski definition) is 1. The highest BCUT2D eigenvalue weighted by atomic mass is 32.1. The second kappa shape index (κ2) is 3.63. The minimum atomic E-state index is 0.318. The van der Waals surface area contributed by atoms with Crippen LogP contribution in [-0.2, 0) is 0 Å². The molecule has 0 spiro atoms. The topological polar surface area (TPSA) is 74.0 Å². The zero-order chi connectivity index (χ0) is 11.8. The van der Waals surface area contributed by atoms with E-state index in [-0.39, 0.29) is 0 Å². The third-order valence-electron chi connectivity index (χ3n) is 2.43. The lowest BCUT2D eigenvalue weighted by Gasteiger charge is -2.07. The monoisotopic (exact) mass is 244 g/mol. The molecule has 0 radical (unpaired) electrons. The molecule has 0 saturated heterocycles. The highest BCUT2D eigenvalue weighted by Crippen LogP contribution is 2.14. The van der Waals surface area contributed by atoms with E-state index in [9.17, 15) is 0 Å². The molecule has 3 rings (SSSR count). The fourth-order valence-corrected chi connectivity index (χ4v) is 1.85. The van der Waals surface area contributed by atoms with Gasteiger partial charge in [0.2, 0.25) is 5.65 Å². The molecule has 0 fully saturated rings. The van der Waals surface area contributed by atoms with Gasteiger partial charge in [-0.15, -0.1) is 10.2 Å². The third-order valence-corrected chi connectivity index (χ3v) is 2.64. The number of hydrogen-bond acceptors (Lipinski definition) is 4. The van der Waals surface area contributed by atoms with Crippen molar-refractivity contribution >= 4 is 22.9 Å². The summed E-state index contributed by atoms with van der Waals surface area (Å²) in [6.07, 6.45) is 6.91. The second-order valence-corrected chi connectivity index (χ2v) is 3.88. The van der Waals surface area contributed by atoms with Gasteiger partial charge in [0.1, 0.15) is 11.3 Å². The summed E-state index contributed by atoms with van der Waals surface area (Å²) in [5, 5.41) is 7.86. The Bertz CT molecular complexity index is 697. The van der Waals surface area contributed by atoms with Gasteiger partial charge in [0.05, 0.1) is 5.69 Å². The molecule has 0 aliphatic heterocycles. The van der Waals surface area contributed by atoms with Crippen molar-refractivity contribution in [3.8, 4) is 5.82 Å². The summed E-state index contributed by atoms with van der Waals surface area (Å²) in [6.45, 7) is 0. The van der Waals surface area contributed by atoms with E-state index < -0.39 is 0 Å². The lowest BCUT2D eigenvalue weighted by atomic mass is 10.4. The lowest BCUT2D eigenvalue weighted by molar-refractivity contribution is 0.970. The van der Waals surface area contributed by atoms with Gasteiger partial charge in [-0.1, -0.05) is 12.2 Å². The second-order valence-electron chi connectivity index (χ2n) is 3.44. The maximum atomic E-state index is 5.66. The molecule has 0 saturated carbocycles. The molecule has 0 atom stereocenters. The number of fused-ring (bicyclic) bond motifs is 1. The van der Waals surface area contributed by atoms with Gasteiger partial charge in [-0.2, -0.15) is 0 Å². The predicted octanol–water partition coefficient (Wildman–Crippen LogP) is 0.549. The van der Waals surface area contributed by atoms with Gasteiger partial charge in [-0.25, -0.2) is 4.98 Å². The van der Waals surface area contributed by atoms with Gasteiger partial charge >= 0.3 is 0 Å². The normalized spacial score (nSPS) is 10.8. The Morgan fingerprint density at radius 2 is 2.24 bits per heavy atom. The van der Waals surface area contributed by atoms with Crippen molar-refractivity contribution in [1.29, 1.82) is 0 Å². The van der Waals surface area contributed by atoms with Crippen LogP contribution in [-0.4, -0.2) is 29.1 Å². The summed E-state index contributed by atoms with van der Waals surface area (Å²) in [5.74, 6) is 0.651. The summed E-state index contributed by atoms with van der Waals surface area (Å²) in [6, 6.07) is 3.69. The van der Waals surface area contributed by atoms with Crippen molar-refractivity contribution in [2.24, 2.45) is 5.73 Å². The van der Waals surface area contributed by atoms with E-state index in [0.29, 0.717) is 16.5 Å². The van der Waals surface area contributed by atoms with E-state index in [1.807, 2.05) is 18.3 Å². The zero-order valence-corrected chi connectivity index (χ0v) is 9.50. The van der Waals surface area contributed by atoms with Gasteiger partial charge < -0.3 is 5.73 Å². The fraction of sp³-hybridized carbons (Fsp3) is 0. The summed E-state index contributed by atoms with van der Waals surface area (Å²) in [7, 11) is 0. The van der Waals surface area contributed by atoms with Crippen molar-refractivity contribution in [2.75, 3.05) is 0 Å². The fourth-order valence-electron chi connectivity index (χ4n) is 1.68. The molecule has 0 unspecified atom stereocenters. The van der Waals surface area contributed by atoms with Crippen molar-refractivity contribution in [3.05, 3.63) is 42.7 Å². The average Bonchev–Trinajstić information content (AvgIpc) is 2.97. The number of thiocarbonyl (C=S) groups is 1. The number of rotatable bonds is 2. The van der Waals surface area contributed by atoms with E-state index >= 15 is 0 Å². The minimum absolute atomic E-state index is 0.318. The summed E-state index contributed by atoms with van der Waals surface area (Å²) >= 11 is 4.99. The van der Waals surface area contributed by atoms with Crippen LogP contribution in [0.25, 0.3) is 11.5 Å². The molecule has 0 aromatic carbocycles. The van der Waals surface area contributed by atoms with Gasteiger partial charge in [0.15, 0.2) is 5.82 Å². The van der Waals surface area contributed by atoms with E-state index in [4.69, 9.17) is 18.0 Å². The molecule has 0 aliphatic rings. The molecular weight excluding hydrogens is 236 g/mol. The first-order valence-electron chi connectivity index (χ1n) is 4.89. The largest absolute Gasteiger partial charge is 0.388 e. The lowest BCUT2D eigenvalue weighted by Crippen LogP contribution is -2.15. The van der Waals surface area contributed by atoms with Crippen molar-refractivity contribution in [1.82, 2.24) is 24.1 Å². The summed E-state index contributed by atoms with van der Waals surface area (Å²) in [5.41, 5.74) is 7.04. The molecule has 84 valence electrons. The van der Waals surface area contributed by atoms with Crippen LogP contribution in [0.5, 0.6) is 0 Å². The van der Waals surface area contributed by atoms with Crippen LogP contribution in [0.1, 0.15) is 5.69 Å². The van der Waals surface area contributed by atoms with Crippen LogP contribution in [0.3, 0.4) is 0 Å². The minimum Gasteiger partial charge on any atom is -0.388 e. The van der Waals surface area contributed by atoms with Crippen molar-refractivity contribution in [3.63, 3.8) is 0 Å². The highest BCUT2D eigenvalue weighted by Gasteiger charge is 2.11. The average molecular weight is 244 g/mol. The summed E-state index contributed by atoms with van der Waals surface area (Å²) in [4.78, 5) is 4.61. The molecule has 3 aromatic heterocycles.